The van der Waals surface area contributed by atoms with Crippen molar-refractivity contribution in [3.8, 4) is 0 Å². The van der Waals surface area contributed by atoms with Crippen LogP contribution in [0.1, 0.15) is 13.3 Å². The van der Waals surface area contributed by atoms with E-state index in [1.165, 1.54) is 0 Å². The van der Waals surface area contributed by atoms with Gasteiger partial charge in [-0.05, 0) is 37.6 Å². The average molecular weight is 301 g/mol. The molecule has 1 aromatic carbocycles. The molecule has 5 heteroatoms. The standard InChI is InChI=1S/C12H17BrN2O2/c1-9(16)7-8-15(2)12(17)14-11-5-3-10(13)4-6-11/h3-6,9,16H,7-8H2,1-2H3,(H,14,17)/t9-/m1/s1. The lowest BCUT2D eigenvalue weighted by atomic mass is 10.3. The van der Waals surface area contributed by atoms with Crippen LogP contribution in [0.25, 0.3) is 0 Å². The Kier molecular flexibility index (Phi) is 5.44. The molecule has 1 rings (SSSR count). The Labute approximate surface area is 110 Å². The predicted molar refractivity (Wildman–Crippen MR) is 72.1 cm³/mol. The van der Waals surface area contributed by atoms with E-state index >= 15 is 0 Å². The summed E-state index contributed by atoms with van der Waals surface area (Å²) < 4.78 is 0.970. The number of rotatable bonds is 4. The largest absolute Gasteiger partial charge is 0.393 e. The number of carbonyl (C=O) groups is 1. The van der Waals surface area contributed by atoms with Crippen LogP contribution in [-0.4, -0.2) is 35.7 Å². The molecule has 0 aliphatic heterocycles. The zero-order valence-electron chi connectivity index (χ0n) is 9.98. The van der Waals surface area contributed by atoms with Gasteiger partial charge in [-0.25, -0.2) is 4.79 Å². The number of urea groups is 1. The van der Waals surface area contributed by atoms with Gasteiger partial charge >= 0.3 is 6.03 Å². The topological polar surface area (TPSA) is 52.6 Å². The Hall–Kier alpha value is -1.07. The third-order valence-electron chi connectivity index (χ3n) is 2.32. The number of hydrogen-bond acceptors (Lipinski definition) is 2. The van der Waals surface area contributed by atoms with E-state index in [2.05, 4.69) is 21.2 Å². The number of anilines is 1. The summed E-state index contributed by atoms with van der Waals surface area (Å²) in [6.07, 6.45) is 0.183. The fourth-order valence-corrected chi connectivity index (χ4v) is 1.50. The van der Waals surface area contributed by atoms with E-state index in [1.54, 1.807) is 18.9 Å². The summed E-state index contributed by atoms with van der Waals surface area (Å²) >= 11 is 3.33. The molecule has 2 amide bonds. The van der Waals surface area contributed by atoms with Gasteiger partial charge in [-0.3, -0.25) is 0 Å². The number of amides is 2. The van der Waals surface area contributed by atoms with Crippen molar-refractivity contribution in [1.29, 1.82) is 0 Å². The van der Waals surface area contributed by atoms with E-state index in [1.807, 2.05) is 24.3 Å². The zero-order valence-corrected chi connectivity index (χ0v) is 11.6. The van der Waals surface area contributed by atoms with E-state index in [0.29, 0.717) is 13.0 Å². The second-order valence-electron chi connectivity index (χ2n) is 4.00. The zero-order chi connectivity index (χ0) is 12.8. The molecular formula is C12H17BrN2O2. The van der Waals surface area contributed by atoms with Gasteiger partial charge in [-0.2, -0.15) is 0 Å². The van der Waals surface area contributed by atoms with Gasteiger partial charge in [-0.1, -0.05) is 15.9 Å². The van der Waals surface area contributed by atoms with Gasteiger partial charge < -0.3 is 15.3 Å². The number of carbonyl (C=O) groups excluding carboxylic acids is 1. The molecule has 94 valence electrons. The highest BCUT2D eigenvalue weighted by molar-refractivity contribution is 9.10. The molecule has 0 aliphatic rings. The van der Waals surface area contributed by atoms with E-state index < -0.39 is 6.10 Å². The minimum absolute atomic E-state index is 0.173. The fourth-order valence-electron chi connectivity index (χ4n) is 1.23. The monoisotopic (exact) mass is 300 g/mol. The lowest BCUT2D eigenvalue weighted by Crippen LogP contribution is -2.33. The van der Waals surface area contributed by atoms with Crippen LogP contribution in [0, 0.1) is 0 Å². The van der Waals surface area contributed by atoms with Gasteiger partial charge in [0, 0.05) is 23.8 Å². The fraction of sp³-hybridized carbons (Fsp3) is 0.417. The van der Waals surface area contributed by atoms with Crippen LogP contribution in [0.5, 0.6) is 0 Å². The van der Waals surface area contributed by atoms with Gasteiger partial charge in [0.2, 0.25) is 0 Å². The highest BCUT2D eigenvalue weighted by Gasteiger charge is 2.09. The first-order valence-corrected chi connectivity index (χ1v) is 6.24. The van der Waals surface area contributed by atoms with Crippen LogP contribution in [0.4, 0.5) is 10.5 Å². The summed E-state index contributed by atoms with van der Waals surface area (Å²) in [6.45, 7) is 2.24. The molecule has 17 heavy (non-hydrogen) atoms. The van der Waals surface area contributed by atoms with Crippen LogP contribution in [0.2, 0.25) is 0 Å². The van der Waals surface area contributed by atoms with Crippen molar-refractivity contribution < 1.29 is 9.90 Å². The quantitative estimate of drug-likeness (QED) is 0.898. The molecule has 0 bridgehead atoms. The van der Waals surface area contributed by atoms with Crippen LogP contribution < -0.4 is 5.32 Å². The SMILES string of the molecule is C[C@@H](O)CCN(C)C(=O)Nc1ccc(Br)cc1. The Morgan fingerprint density at radius 2 is 2.06 bits per heavy atom. The number of benzene rings is 1. The van der Waals surface area contributed by atoms with Crippen molar-refractivity contribution in [2.75, 3.05) is 18.9 Å². The summed E-state index contributed by atoms with van der Waals surface area (Å²) in [5, 5.41) is 11.9. The first-order chi connectivity index (χ1) is 7.99. The molecule has 0 saturated heterocycles. The first-order valence-electron chi connectivity index (χ1n) is 5.45. The average Bonchev–Trinajstić information content (AvgIpc) is 2.28. The number of nitrogens with one attached hydrogen (secondary N) is 1. The maximum atomic E-state index is 11.7. The van der Waals surface area contributed by atoms with Crippen LogP contribution in [0.3, 0.4) is 0 Å². The van der Waals surface area contributed by atoms with E-state index in [4.69, 9.17) is 5.11 Å². The number of nitrogens with zero attached hydrogens (tertiary/aromatic N) is 1. The maximum Gasteiger partial charge on any atom is 0.321 e. The van der Waals surface area contributed by atoms with Gasteiger partial charge in [0.15, 0.2) is 0 Å². The molecule has 0 unspecified atom stereocenters. The van der Waals surface area contributed by atoms with E-state index in [-0.39, 0.29) is 6.03 Å². The molecule has 0 spiro atoms. The van der Waals surface area contributed by atoms with Crippen molar-refractivity contribution in [3.63, 3.8) is 0 Å². The van der Waals surface area contributed by atoms with Gasteiger partial charge in [0.05, 0.1) is 6.10 Å². The highest BCUT2D eigenvalue weighted by Crippen LogP contribution is 2.14. The summed E-state index contributed by atoms with van der Waals surface area (Å²) in [4.78, 5) is 13.3. The number of aliphatic hydroxyl groups excluding tert-OH is 1. The number of hydrogen-bond donors (Lipinski definition) is 2. The lowest BCUT2D eigenvalue weighted by molar-refractivity contribution is 0.167. The molecule has 2 N–H and O–H groups in total. The second kappa shape index (κ2) is 6.61. The Balaban J connectivity index is 2.45. The molecule has 0 heterocycles. The molecule has 0 radical (unpaired) electrons. The van der Waals surface area contributed by atoms with Crippen molar-refractivity contribution in [2.45, 2.75) is 19.4 Å². The smallest absolute Gasteiger partial charge is 0.321 e. The predicted octanol–water partition coefficient (Wildman–Crippen LogP) is 2.68. The van der Waals surface area contributed by atoms with Crippen molar-refractivity contribution >= 4 is 27.6 Å². The highest BCUT2D eigenvalue weighted by atomic mass is 79.9. The van der Waals surface area contributed by atoms with Crippen LogP contribution in [0.15, 0.2) is 28.7 Å². The molecular weight excluding hydrogens is 284 g/mol. The number of halogens is 1. The molecule has 0 fully saturated rings. The summed E-state index contributed by atoms with van der Waals surface area (Å²) in [5.41, 5.74) is 0.752. The molecule has 1 aromatic rings. The molecule has 0 saturated carbocycles. The van der Waals surface area contributed by atoms with Gasteiger partial charge in [-0.15, -0.1) is 0 Å². The minimum atomic E-state index is -0.391. The Morgan fingerprint density at radius 1 is 1.47 bits per heavy atom. The number of aliphatic hydroxyl groups is 1. The molecule has 0 aliphatic carbocycles. The Morgan fingerprint density at radius 3 is 2.59 bits per heavy atom. The van der Waals surface area contributed by atoms with Crippen LogP contribution >= 0.6 is 15.9 Å². The first kappa shape index (κ1) is 14.0. The maximum absolute atomic E-state index is 11.7. The second-order valence-corrected chi connectivity index (χ2v) is 4.91. The summed E-state index contributed by atoms with van der Waals surface area (Å²) in [5.74, 6) is 0. The Bertz CT molecular complexity index is 365. The summed E-state index contributed by atoms with van der Waals surface area (Å²) in [6, 6.07) is 7.21. The van der Waals surface area contributed by atoms with E-state index in [9.17, 15) is 4.79 Å². The molecule has 1 atom stereocenters. The minimum Gasteiger partial charge on any atom is -0.393 e. The van der Waals surface area contributed by atoms with Crippen LogP contribution in [-0.2, 0) is 0 Å². The molecule has 4 nitrogen and oxygen atoms in total. The van der Waals surface area contributed by atoms with Gasteiger partial charge in [0.1, 0.15) is 0 Å². The lowest BCUT2D eigenvalue weighted by Gasteiger charge is -2.18. The normalized spacial score (nSPS) is 12.0. The van der Waals surface area contributed by atoms with Crippen molar-refractivity contribution in [3.05, 3.63) is 28.7 Å². The summed E-state index contributed by atoms with van der Waals surface area (Å²) in [7, 11) is 1.70. The third kappa shape index (κ3) is 5.19. The van der Waals surface area contributed by atoms with Crippen molar-refractivity contribution in [2.24, 2.45) is 0 Å². The van der Waals surface area contributed by atoms with Gasteiger partial charge in [0.25, 0.3) is 0 Å². The van der Waals surface area contributed by atoms with Crippen molar-refractivity contribution in [1.82, 2.24) is 4.90 Å². The molecule has 0 aromatic heterocycles. The third-order valence-corrected chi connectivity index (χ3v) is 2.85. The van der Waals surface area contributed by atoms with E-state index in [0.717, 1.165) is 10.2 Å².